The smallest absolute Gasteiger partial charge is 0.114 e. The molecule has 5 heteroatoms. The van der Waals surface area contributed by atoms with Crippen LogP contribution < -0.4 is 0 Å². The SMILES string of the molecule is CCCCCCCCCCC/C=C/CCCO[C@H]1[C@@H]([C@H](O)CO)OC[C@@H]1O. The van der Waals surface area contributed by atoms with Gasteiger partial charge >= 0.3 is 0 Å². The molecule has 5 nitrogen and oxygen atoms in total. The topological polar surface area (TPSA) is 79.2 Å². The Morgan fingerprint density at radius 2 is 1.56 bits per heavy atom. The minimum absolute atomic E-state index is 0.144. The molecule has 4 atom stereocenters. The average molecular weight is 387 g/mol. The summed E-state index contributed by atoms with van der Waals surface area (Å²) < 4.78 is 11.0. The first-order chi connectivity index (χ1) is 13.2. The van der Waals surface area contributed by atoms with Crippen molar-refractivity contribution in [1.82, 2.24) is 0 Å². The first-order valence-corrected chi connectivity index (χ1v) is 11.1. The van der Waals surface area contributed by atoms with Crippen molar-refractivity contribution in [1.29, 1.82) is 0 Å². The molecule has 1 saturated heterocycles. The second kappa shape index (κ2) is 16.5. The molecule has 1 aliphatic rings. The van der Waals surface area contributed by atoms with E-state index in [1.165, 1.54) is 57.8 Å². The summed E-state index contributed by atoms with van der Waals surface area (Å²) in [4.78, 5) is 0. The highest BCUT2D eigenvalue weighted by atomic mass is 16.6. The van der Waals surface area contributed by atoms with Gasteiger partial charge in [0.2, 0.25) is 0 Å². The molecule has 27 heavy (non-hydrogen) atoms. The van der Waals surface area contributed by atoms with E-state index >= 15 is 0 Å². The van der Waals surface area contributed by atoms with E-state index in [1.54, 1.807) is 0 Å². The lowest BCUT2D eigenvalue weighted by molar-refractivity contribution is -0.0935. The van der Waals surface area contributed by atoms with Crippen molar-refractivity contribution in [2.75, 3.05) is 19.8 Å². The van der Waals surface area contributed by atoms with Crippen molar-refractivity contribution in [2.24, 2.45) is 0 Å². The van der Waals surface area contributed by atoms with E-state index in [0.29, 0.717) is 6.61 Å². The first kappa shape index (κ1) is 24.6. The molecule has 0 amide bonds. The molecule has 0 spiro atoms. The predicted molar refractivity (Wildman–Crippen MR) is 109 cm³/mol. The van der Waals surface area contributed by atoms with Gasteiger partial charge in [-0.25, -0.2) is 0 Å². The van der Waals surface area contributed by atoms with E-state index in [2.05, 4.69) is 19.1 Å². The van der Waals surface area contributed by atoms with E-state index in [-0.39, 0.29) is 6.61 Å². The second-order valence-corrected chi connectivity index (χ2v) is 7.68. The summed E-state index contributed by atoms with van der Waals surface area (Å²) in [5.74, 6) is 0. The lowest BCUT2D eigenvalue weighted by Gasteiger charge is -2.23. The number of hydrogen-bond donors (Lipinski definition) is 3. The van der Waals surface area contributed by atoms with Crippen LogP contribution in [-0.4, -0.2) is 59.6 Å². The lowest BCUT2D eigenvalue weighted by Crippen LogP contribution is -2.42. The van der Waals surface area contributed by atoms with Gasteiger partial charge in [0.15, 0.2) is 0 Å². The number of allylic oxidation sites excluding steroid dienone is 2. The standard InChI is InChI=1S/C22H42O5/c1-2-3-4-5-6-7-8-9-10-11-12-13-14-15-16-26-22-20(25)18-27-21(22)19(24)17-23/h12-13,19-25H,2-11,14-18H2,1H3/b13-12+/t19-,20+,21-,22-/m1/s1. The van der Waals surface area contributed by atoms with E-state index in [1.807, 2.05) is 0 Å². The van der Waals surface area contributed by atoms with Gasteiger partial charge < -0.3 is 24.8 Å². The van der Waals surface area contributed by atoms with E-state index < -0.39 is 31.0 Å². The maximum absolute atomic E-state index is 9.86. The Morgan fingerprint density at radius 1 is 0.963 bits per heavy atom. The van der Waals surface area contributed by atoms with Crippen molar-refractivity contribution in [2.45, 2.75) is 108 Å². The van der Waals surface area contributed by atoms with Crippen LogP contribution in [0, 0.1) is 0 Å². The fourth-order valence-electron chi connectivity index (χ4n) is 3.49. The molecule has 0 saturated carbocycles. The van der Waals surface area contributed by atoms with Crippen LogP contribution in [0.25, 0.3) is 0 Å². The Bertz CT molecular complexity index is 361. The van der Waals surface area contributed by atoms with Crippen molar-refractivity contribution < 1.29 is 24.8 Å². The summed E-state index contributed by atoms with van der Waals surface area (Å²) in [6.45, 7) is 2.53. The molecule has 0 radical (unpaired) electrons. The van der Waals surface area contributed by atoms with Gasteiger partial charge in [0.25, 0.3) is 0 Å². The molecule has 0 bridgehead atoms. The Balaban J connectivity index is 1.93. The van der Waals surface area contributed by atoms with Crippen molar-refractivity contribution in [3.05, 3.63) is 12.2 Å². The van der Waals surface area contributed by atoms with Gasteiger partial charge in [-0.15, -0.1) is 0 Å². The maximum atomic E-state index is 9.86. The molecule has 0 aliphatic carbocycles. The highest BCUT2D eigenvalue weighted by Crippen LogP contribution is 2.21. The largest absolute Gasteiger partial charge is 0.394 e. The van der Waals surface area contributed by atoms with Crippen molar-refractivity contribution in [3.8, 4) is 0 Å². The Morgan fingerprint density at radius 3 is 2.19 bits per heavy atom. The number of hydrogen-bond acceptors (Lipinski definition) is 5. The van der Waals surface area contributed by atoms with Crippen LogP contribution in [0.2, 0.25) is 0 Å². The highest BCUT2D eigenvalue weighted by Gasteiger charge is 2.40. The zero-order valence-corrected chi connectivity index (χ0v) is 17.2. The fraction of sp³-hybridized carbons (Fsp3) is 0.909. The van der Waals surface area contributed by atoms with Crippen molar-refractivity contribution in [3.63, 3.8) is 0 Å². The van der Waals surface area contributed by atoms with Crippen LogP contribution in [0.3, 0.4) is 0 Å². The molecule has 0 aromatic carbocycles. The van der Waals surface area contributed by atoms with Crippen LogP contribution in [-0.2, 0) is 9.47 Å². The molecule has 0 aromatic rings. The first-order valence-electron chi connectivity index (χ1n) is 11.1. The molecule has 0 unspecified atom stereocenters. The van der Waals surface area contributed by atoms with Gasteiger partial charge in [-0.2, -0.15) is 0 Å². The van der Waals surface area contributed by atoms with E-state index in [0.717, 1.165) is 19.3 Å². The van der Waals surface area contributed by atoms with Crippen LogP contribution in [0.5, 0.6) is 0 Å². The normalized spacial score (nSPS) is 24.1. The molecule has 3 N–H and O–H groups in total. The number of unbranched alkanes of at least 4 members (excludes halogenated alkanes) is 10. The summed E-state index contributed by atoms with van der Waals surface area (Å²) in [5.41, 5.74) is 0. The molecule has 1 rings (SSSR count). The van der Waals surface area contributed by atoms with Gasteiger partial charge in [-0.05, 0) is 25.7 Å². The minimum atomic E-state index is -1.01. The summed E-state index contributed by atoms with van der Waals surface area (Å²) in [5, 5.41) is 28.6. The monoisotopic (exact) mass is 386 g/mol. The third-order valence-electron chi connectivity index (χ3n) is 5.20. The zero-order chi connectivity index (χ0) is 19.7. The van der Waals surface area contributed by atoms with Gasteiger partial charge in [0, 0.05) is 6.61 Å². The lowest BCUT2D eigenvalue weighted by atomic mass is 10.1. The minimum Gasteiger partial charge on any atom is -0.394 e. The van der Waals surface area contributed by atoms with Crippen LogP contribution in [0.4, 0.5) is 0 Å². The van der Waals surface area contributed by atoms with Gasteiger partial charge in [-0.1, -0.05) is 70.4 Å². The zero-order valence-electron chi connectivity index (χ0n) is 17.2. The number of ether oxygens (including phenoxy) is 2. The quantitative estimate of drug-likeness (QED) is 0.262. The van der Waals surface area contributed by atoms with Crippen LogP contribution in [0.1, 0.15) is 84.0 Å². The average Bonchev–Trinajstić information content (AvgIpc) is 3.04. The third-order valence-corrected chi connectivity index (χ3v) is 5.20. The summed E-state index contributed by atoms with van der Waals surface area (Å²) in [6.07, 6.45) is 16.7. The summed E-state index contributed by atoms with van der Waals surface area (Å²) in [6, 6.07) is 0. The Kier molecular flexibility index (Phi) is 15.0. The third kappa shape index (κ3) is 11.2. The van der Waals surface area contributed by atoms with Gasteiger partial charge in [0.1, 0.15) is 24.4 Å². The van der Waals surface area contributed by atoms with Crippen LogP contribution in [0.15, 0.2) is 12.2 Å². The summed E-state index contributed by atoms with van der Waals surface area (Å²) >= 11 is 0. The Labute approximate surface area is 165 Å². The van der Waals surface area contributed by atoms with E-state index in [4.69, 9.17) is 14.6 Å². The summed E-state index contributed by atoms with van der Waals surface area (Å²) in [7, 11) is 0. The van der Waals surface area contributed by atoms with Crippen molar-refractivity contribution >= 4 is 0 Å². The Hall–Kier alpha value is -0.460. The van der Waals surface area contributed by atoms with Crippen LogP contribution >= 0.6 is 0 Å². The second-order valence-electron chi connectivity index (χ2n) is 7.68. The molecular weight excluding hydrogens is 344 g/mol. The maximum Gasteiger partial charge on any atom is 0.114 e. The number of aliphatic hydroxyl groups excluding tert-OH is 3. The van der Waals surface area contributed by atoms with E-state index in [9.17, 15) is 10.2 Å². The molecule has 1 aliphatic heterocycles. The predicted octanol–water partition coefficient (Wildman–Crippen LogP) is 3.74. The highest BCUT2D eigenvalue weighted by molar-refractivity contribution is 4.89. The fourth-order valence-corrected chi connectivity index (χ4v) is 3.49. The van der Waals surface area contributed by atoms with Gasteiger partial charge in [-0.3, -0.25) is 0 Å². The van der Waals surface area contributed by atoms with Gasteiger partial charge in [0.05, 0.1) is 13.2 Å². The molecule has 1 heterocycles. The molecular formula is C22H42O5. The molecule has 1 fully saturated rings. The number of rotatable bonds is 17. The molecule has 0 aromatic heterocycles. The number of aliphatic hydroxyl groups is 3. The molecule has 160 valence electrons.